The van der Waals surface area contributed by atoms with Gasteiger partial charge in [0, 0.05) is 24.2 Å². The van der Waals surface area contributed by atoms with Crippen LogP contribution < -0.4 is 10.6 Å². The van der Waals surface area contributed by atoms with Crippen LogP contribution in [-0.2, 0) is 9.59 Å². The van der Waals surface area contributed by atoms with Crippen LogP contribution in [0.25, 0.3) is 6.08 Å². The van der Waals surface area contributed by atoms with E-state index in [1.165, 1.54) is 11.8 Å². The molecule has 7 heteroatoms. The van der Waals surface area contributed by atoms with E-state index in [1.54, 1.807) is 22.4 Å². The molecule has 1 fully saturated rings. The lowest BCUT2D eigenvalue weighted by Crippen LogP contribution is -2.33. The lowest BCUT2D eigenvalue weighted by atomic mass is 9.93. The smallest absolute Gasteiger partial charge is 0.228 e. The standard InChI is InChI=1S/C21H24N4O2S/c1-14(26)25-11-8-15-4-2-3-5-17(15)18(25)12-20(27)24-21-23-13-19(28-21)16-6-9-22-10-7-16/h2-5,8,11,13,16,18,22H,6-7,9-10,12H2,1H3,(H,23,24,27). The molecule has 4 rings (SSSR count). The average Bonchev–Trinajstić information content (AvgIpc) is 3.17. The normalized spacial score (nSPS) is 19.3. The summed E-state index contributed by atoms with van der Waals surface area (Å²) in [7, 11) is 0. The Hall–Kier alpha value is -2.51. The number of nitrogens with zero attached hydrogens (tertiary/aromatic N) is 2. The third kappa shape index (κ3) is 4.00. The number of carbonyl (C=O) groups is 2. The quantitative estimate of drug-likeness (QED) is 0.829. The Balaban J connectivity index is 1.46. The van der Waals surface area contributed by atoms with Crippen molar-refractivity contribution < 1.29 is 9.59 Å². The zero-order valence-corrected chi connectivity index (χ0v) is 16.7. The largest absolute Gasteiger partial charge is 0.317 e. The molecule has 2 aromatic rings. The van der Waals surface area contributed by atoms with Gasteiger partial charge < -0.3 is 15.5 Å². The van der Waals surface area contributed by atoms with Gasteiger partial charge in [0.25, 0.3) is 0 Å². The summed E-state index contributed by atoms with van der Waals surface area (Å²) in [4.78, 5) is 32.0. The summed E-state index contributed by atoms with van der Waals surface area (Å²) >= 11 is 1.56. The van der Waals surface area contributed by atoms with E-state index < -0.39 is 0 Å². The highest BCUT2D eigenvalue weighted by molar-refractivity contribution is 7.15. The summed E-state index contributed by atoms with van der Waals surface area (Å²) in [6.45, 7) is 3.58. The molecule has 1 atom stereocenters. The summed E-state index contributed by atoms with van der Waals surface area (Å²) in [6.07, 6.45) is 7.97. The van der Waals surface area contributed by atoms with E-state index in [1.807, 2.05) is 36.5 Å². The van der Waals surface area contributed by atoms with Crippen molar-refractivity contribution in [3.05, 3.63) is 52.7 Å². The van der Waals surface area contributed by atoms with Gasteiger partial charge in [-0.2, -0.15) is 0 Å². The van der Waals surface area contributed by atoms with E-state index in [0.29, 0.717) is 11.0 Å². The van der Waals surface area contributed by atoms with E-state index in [4.69, 9.17) is 0 Å². The van der Waals surface area contributed by atoms with Crippen LogP contribution in [0.2, 0.25) is 0 Å². The molecule has 2 aliphatic heterocycles. The first-order valence-corrected chi connectivity index (χ1v) is 10.5. The van der Waals surface area contributed by atoms with Crippen LogP contribution in [0, 0.1) is 0 Å². The summed E-state index contributed by atoms with van der Waals surface area (Å²) in [5, 5.41) is 6.93. The van der Waals surface area contributed by atoms with Crippen molar-refractivity contribution in [3.8, 4) is 0 Å². The fraction of sp³-hybridized carbons (Fsp3) is 0.381. The van der Waals surface area contributed by atoms with Gasteiger partial charge in [0.1, 0.15) is 0 Å². The molecule has 0 radical (unpaired) electrons. The highest BCUT2D eigenvalue weighted by Crippen LogP contribution is 2.34. The van der Waals surface area contributed by atoms with Crippen LogP contribution in [0.5, 0.6) is 0 Å². The van der Waals surface area contributed by atoms with Crippen molar-refractivity contribution >= 4 is 34.4 Å². The van der Waals surface area contributed by atoms with Crippen LogP contribution in [0.3, 0.4) is 0 Å². The molecule has 0 saturated carbocycles. The molecule has 28 heavy (non-hydrogen) atoms. The van der Waals surface area contributed by atoms with Crippen molar-refractivity contribution in [2.24, 2.45) is 0 Å². The van der Waals surface area contributed by atoms with Gasteiger partial charge in [0.05, 0.1) is 12.5 Å². The minimum absolute atomic E-state index is 0.0778. The monoisotopic (exact) mass is 396 g/mol. The Morgan fingerprint density at radius 1 is 1.29 bits per heavy atom. The van der Waals surface area contributed by atoms with Crippen LogP contribution >= 0.6 is 11.3 Å². The molecule has 1 unspecified atom stereocenters. The van der Waals surface area contributed by atoms with Gasteiger partial charge >= 0.3 is 0 Å². The number of rotatable bonds is 4. The van der Waals surface area contributed by atoms with Crippen LogP contribution in [-0.4, -0.2) is 34.8 Å². The van der Waals surface area contributed by atoms with Gasteiger partial charge in [-0.15, -0.1) is 11.3 Å². The Bertz CT molecular complexity index is 901. The molecule has 2 amide bonds. The Labute approximate surface area is 168 Å². The van der Waals surface area contributed by atoms with E-state index in [0.717, 1.165) is 37.1 Å². The Kier molecular flexibility index (Phi) is 5.54. The van der Waals surface area contributed by atoms with E-state index >= 15 is 0 Å². The Morgan fingerprint density at radius 3 is 2.86 bits per heavy atom. The minimum Gasteiger partial charge on any atom is -0.317 e. The summed E-state index contributed by atoms with van der Waals surface area (Å²) < 4.78 is 0. The molecule has 0 bridgehead atoms. The molecule has 1 saturated heterocycles. The molecular weight excluding hydrogens is 372 g/mol. The van der Waals surface area contributed by atoms with Crippen molar-refractivity contribution in [1.82, 2.24) is 15.2 Å². The lowest BCUT2D eigenvalue weighted by Gasteiger charge is -2.32. The number of aromatic nitrogens is 1. The first-order chi connectivity index (χ1) is 13.6. The lowest BCUT2D eigenvalue weighted by molar-refractivity contribution is -0.129. The molecule has 0 spiro atoms. The van der Waals surface area contributed by atoms with Gasteiger partial charge in [0.2, 0.25) is 11.8 Å². The SMILES string of the molecule is CC(=O)N1C=Cc2ccccc2C1CC(=O)Nc1ncc(C2CCNCC2)s1. The molecule has 1 aromatic carbocycles. The third-order valence-corrected chi connectivity index (χ3v) is 6.43. The van der Waals surface area contributed by atoms with Crippen molar-refractivity contribution in [1.29, 1.82) is 0 Å². The van der Waals surface area contributed by atoms with Crippen molar-refractivity contribution in [2.75, 3.05) is 18.4 Å². The maximum Gasteiger partial charge on any atom is 0.228 e. The van der Waals surface area contributed by atoms with Crippen LogP contribution in [0.4, 0.5) is 5.13 Å². The number of benzene rings is 1. The third-order valence-electron chi connectivity index (χ3n) is 5.36. The first kappa shape index (κ1) is 18.8. The molecule has 2 aliphatic rings. The first-order valence-electron chi connectivity index (χ1n) is 9.64. The van der Waals surface area contributed by atoms with Gasteiger partial charge in [0.15, 0.2) is 5.13 Å². The summed E-state index contributed by atoms with van der Waals surface area (Å²) in [5.74, 6) is 0.312. The van der Waals surface area contributed by atoms with Crippen LogP contribution in [0.15, 0.2) is 36.7 Å². The molecule has 146 valence electrons. The predicted molar refractivity (Wildman–Crippen MR) is 111 cm³/mol. The number of amides is 2. The fourth-order valence-electron chi connectivity index (χ4n) is 3.90. The molecule has 3 heterocycles. The number of carbonyl (C=O) groups excluding carboxylic acids is 2. The molecule has 0 aliphatic carbocycles. The van der Waals surface area contributed by atoms with Crippen molar-refractivity contribution in [3.63, 3.8) is 0 Å². The molecular formula is C21H24N4O2S. The second kappa shape index (κ2) is 8.24. The van der Waals surface area contributed by atoms with Gasteiger partial charge in [-0.1, -0.05) is 24.3 Å². The van der Waals surface area contributed by atoms with E-state index in [9.17, 15) is 9.59 Å². The molecule has 2 N–H and O–H groups in total. The zero-order chi connectivity index (χ0) is 19.5. The predicted octanol–water partition coefficient (Wildman–Crippen LogP) is 3.51. The highest BCUT2D eigenvalue weighted by Gasteiger charge is 2.28. The van der Waals surface area contributed by atoms with Crippen molar-refractivity contribution in [2.45, 2.75) is 38.1 Å². The molecule has 6 nitrogen and oxygen atoms in total. The number of hydrogen-bond donors (Lipinski definition) is 2. The Morgan fingerprint density at radius 2 is 2.07 bits per heavy atom. The minimum atomic E-state index is -0.303. The summed E-state index contributed by atoms with van der Waals surface area (Å²) in [5.41, 5.74) is 2.03. The number of nitrogens with one attached hydrogen (secondary N) is 2. The highest BCUT2D eigenvalue weighted by atomic mass is 32.1. The van der Waals surface area contributed by atoms with Crippen LogP contribution in [0.1, 0.15) is 54.1 Å². The van der Waals surface area contributed by atoms with Gasteiger partial charge in [-0.25, -0.2) is 4.98 Å². The zero-order valence-electron chi connectivity index (χ0n) is 15.9. The number of anilines is 1. The van der Waals surface area contributed by atoms with Gasteiger partial charge in [-0.3, -0.25) is 9.59 Å². The van der Waals surface area contributed by atoms with E-state index in [-0.39, 0.29) is 24.3 Å². The second-order valence-corrected chi connectivity index (χ2v) is 8.29. The second-order valence-electron chi connectivity index (χ2n) is 7.23. The maximum absolute atomic E-state index is 12.7. The topological polar surface area (TPSA) is 74.3 Å². The van der Waals surface area contributed by atoms with Gasteiger partial charge in [-0.05, 0) is 49.1 Å². The number of fused-ring (bicyclic) bond motifs is 1. The van der Waals surface area contributed by atoms with E-state index in [2.05, 4.69) is 15.6 Å². The average molecular weight is 397 g/mol. The number of thiazole rings is 1. The summed E-state index contributed by atoms with van der Waals surface area (Å²) in [6, 6.07) is 7.57. The maximum atomic E-state index is 12.7. The number of piperidine rings is 1. The fourth-order valence-corrected chi connectivity index (χ4v) is 4.90. The molecule has 1 aromatic heterocycles. The number of hydrogen-bond acceptors (Lipinski definition) is 5.